The third-order valence-electron chi connectivity index (χ3n) is 3.35. The summed E-state index contributed by atoms with van der Waals surface area (Å²) < 4.78 is 23.4. The molecule has 1 aromatic carbocycles. The highest BCUT2D eigenvalue weighted by atomic mass is 19.1. The van der Waals surface area contributed by atoms with E-state index < -0.39 is 29.7 Å². The molecule has 25 heavy (non-hydrogen) atoms. The predicted molar refractivity (Wildman–Crippen MR) is 88.0 cm³/mol. The molecule has 0 aromatic heterocycles. The van der Waals surface area contributed by atoms with E-state index in [0.717, 1.165) is 6.07 Å². The minimum atomic E-state index is -1.03. The van der Waals surface area contributed by atoms with E-state index in [1.807, 2.05) is 0 Å². The van der Waals surface area contributed by atoms with Crippen molar-refractivity contribution in [3.63, 3.8) is 0 Å². The first-order valence-electron chi connectivity index (χ1n) is 8.04. The fourth-order valence-corrected chi connectivity index (χ4v) is 2.08. The monoisotopic (exact) mass is 354 g/mol. The number of carbonyl (C=O) groups excluding carboxylic acids is 3. The number of nitrogens with two attached hydrogens (primary N) is 1. The molecule has 0 aliphatic carbocycles. The van der Waals surface area contributed by atoms with Gasteiger partial charge in [-0.1, -0.05) is 6.07 Å². The maximum atomic E-state index is 13.8. The van der Waals surface area contributed by atoms with Gasteiger partial charge in [-0.25, -0.2) is 9.18 Å². The van der Waals surface area contributed by atoms with Crippen LogP contribution in [-0.4, -0.2) is 37.1 Å². The highest BCUT2D eigenvalue weighted by Crippen LogP contribution is 2.11. The fraction of sp³-hybridized carbons (Fsp3) is 0.471. The maximum Gasteiger partial charge on any atom is 0.328 e. The van der Waals surface area contributed by atoms with E-state index in [0.29, 0.717) is 0 Å². The van der Waals surface area contributed by atoms with Crippen LogP contribution in [0.2, 0.25) is 0 Å². The smallest absolute Gasteiger partial charge is 0.328 e. The third kappa shape index (κ3) is 6.50. The average molecular weight is 354 g/mol. The Morgan fingerprint density at radius 1 is 1.20 bits per heavy atom. The molecule has 0 saturated carbocycles. The van der Waals surface area contributed by atoms with Gasteiger partial charge in [0, 0.05) is 24.1 Å². The normalized spacial score (nSPS) is 11.5. The first-order valence-corrected chi connectivity index (χ1v) is 8.04. The lowest BCUT2D eigenvalue weighted by Gasteiger charge is -2.17. The van der Waals surface area contributed by atoms with E-state index in [1.165, 1.54) is 12.1 Å². The Labute approximate surface area is 145 Å². The second-order valence-electron chi connectivity index (χ2n) is 5.13. The number of hydrogen-bond acceptors (Lipinski definition) is 6. The molecule has 0 heterocycles. The van der Waals surface area contributed by atoms with E-state index >= 15 is 0 Å². The lowest BCUT2D eigenvalue weighted by Crippen LogP contribution is -2.42. The van der Waals surface area contributed by atoms with E-state index in [-0.39, 0.29) is 43.7 Å². The van der Waals surface area contributed by atoms with E-state index in [1.54, 1.807) is 13.8 Å². The number of benzene rings is 1. The summed E-state index contributed by atoms with van der Waals surface area (Å²) in [6, 6.07) is 2.83. The molecule has 138 valence electrons. The van der Waals surface area contributed by atoms with Crippen LogP contribution in [0.3, 0.4) is 0 Å². The molecule has 1 amide bonds. The van der Waals surface area contributed by atoms with Gasteiger partial charge in [0.2, 0.25) is 0 Å². The quantitative estimate of drug-likeness (QED) is 0.647. The zero-order chi connectivity index (χ0) is 18.8. The molecule has 1 aromatic rings. The minimum absolute atomic E-state index is 0.0126. The minimum Gasteiger partial charge on any atom is -0.466 e. The SMILES string of the molecule is CCOC(=O)CC[C@H](NC(=O)c1ccc(CN)c(F)c1)C(=O)OCC. The van der Waals surface area contributed by atoms with Crippen LogP contribution in [0.5, 0.6) is 0 Å². The zero-order valence-electron chi connectivity index (χ0n) is 14.3. The van der Waals surface area contributed by atoms with Crippen LogP contribution in [0.4, 0.5) is 4.39 Å². The summed E-state index contributed by atoms with van der Waals surface area (Å²) in [5.41, 5.74) is 5.70. The molecule has 0 bridgehead atoms. The standard InChI is InChI=1S/C17H23FN2O5/c1-3-24-15(21)8-7-14(17(23)25-4-2)20-16(22)11-5-6-12(10-19)13(18)9-11/h5-6,9,14H,3-4,7-8,10,19H2,1-2H3,(H,20,22)/t14-/m0/s1. The number of nitrogens with one attached hydrogen (secondary N) is 1. The van der Waals surface area contributed by atoms with Gasteiger partial charge in [0.1, 0.15) is 11.9 Å². The number of rotatable bonds is 9. The van der Waals surface area contributed by atoms with E-state index in [9.17, 15) is 18.8 Å². The number of carbonyl (C=O) groups is 3. The molecular weight excluding hydrogens is 331 g/mol. The Morgan fingerprint density at radius 2 is 1.88 bits per heavy atom. The van der Waals surface area contributed by atoms with Gasteiger partial charge < -0.3 is 20.5 Å². The average Bonchev–Trinajstić information content (AvgIpc) is 2.58. The summed E-state index contributed by atoms with van der Waals surface area (Å²) in [5, 5.41) is 2.46. The van der Waals surface area contributed by atoms with Crippen molar-refractivity contribution < 1.29 is 28.2 Å². The highest BCUT2D eigenvalue weighted by Gasteiger charge is 2.24. The van der Waals surface area contributed by atoms with Crippen LogP contribution >= 0.6 is 0 Å². The molecule has 3 N–H and O–H groups in total. The van der Waals surface area contributed by atoms with Crippen LogP contribution in [0.15, 0.2) is 18.2 Å². The molecule has 8 heteroatoms. The number of esters is 2. The second-order valence-corrected chi connectivity index (χ2v) is 5.13. The summed E-state index contributed by atoms with van der Waals surface area (Å²) in [5.74, 6) is -2.40. The lowest BCUT2D eigenvalue weighted by molar-refractivity contribution is -0.146. The van der Waals surface area contributed by atoms with Crippen molar-refractivity contribution in [3.05, 3.63) is 35.1 Å². The van der Waals surface area contributed by atoms with Crippen LogP contribution < -0.4 is 11.1 Å². The Bertz CT molecular complexity index is 621. The molecule has 0 unspecified atom stereocenters. The van der Waals surface area contributed by atoms with Crippen molar-refractivity contribution in [2.45, 2.75) is 39.3 Å². The number of ether oxygens (including phenoxy) is 2. The molecule has 0 fully saturated rings. The largest absolute Gasteiger partial charge is 0.466 e. The van der Waals surface area contributed by atoms with Gasteiger partial charge >= 0.3 is 11.9 Å². The van der Waals surface area contributed by atoms with Crippen molar-refractivity contribution in [2.24, 2.45) is 5.73 Å². The summed E-state index contributed by atoms with van der Waals surface area (Å²) in [7, 11) is 0. The Balaban J connectivity index is 2.81. The zero-order valence-corrected chi connectivity index (χ0v) is 14.3. The summed E-state index contributed by atoms with van der Waals surface area (Å²) in [4.78, 5) is 35.7. The van der Waals surface area contributed by atoms with Crippen molar-refractivity contribution in [2.75, 3.05) is 13.2 Å². The molecule has 1 rings (SSSR count). The summed E-state index contributed by atoms with van der Waals surface area (Å²) in [6.07, 6.45) is -0.0369. The lowest BCUT2D eigenvalue weighted by atomic mass is 10.1. The molecule has 0 aliphatic heterocycles. The molecule has 7 nitrogen and oxygen atoms in total. The van der Waals surface area contributed by atoms with Crippen LogP contribution in [0.1, 0.15) is 42.6 Å². The third-order valence-corrected chi connectivity index (χ3v) is 3.35. The first kappa shape index (κ1) is 20.6. The molecule has 0 aliphatic rings. The molecule has 0 radical (unpaired) electrons. The van der Waals surface area contributed by atoms with Gasteiger partial charge in [0.25, 0.3) is 5.91 Å². The number of amides is 1. The van der Waals surface area contributed by atoms with Crippen molar-refractivity contribution in [1.82, 2.24) is 5.32 Å². The van der Waals surface area contributed by atoms with Crippen LogP contribution in [-0.2, 0) is 25.6 Å². The van der Waals surface area contributed by atoms with Crippen molar-refractivity contribution >= 4 is 17.8 Å². The molecular formula is C17H23FN2O5. The van der Waals surface area contributed by atoms with Crippen LogP contribution in [0, 0.1) is 5.82 Å². The Morgan fingerprint density at radius 3 is 2.44 bits per heavy atom. The summed E-state index contributed by atoms with van der Waals surface area (Å²) in [6.45, 7) is 3.66. The van der Waals surface area contributed by atoms with E-state index in [4.69, 9.17) is 15.2 Å². The van der Waals surface area contributed by atoms with Crippen molar-refractivity contribution in [1.29, 1.82) is 0 Å². The summed E-state index contributed by atoms with van der Waals surface area (Å²) >= 11 is 0. The van der Waals surface area contributed by atoms with Gasteiger partial charge in [-0.05, 0) is 32.4 Å². The Hall–Kier alpha value is -2.48. The topological polar surface area (TPSA) is 108 Å². The van der Waals surface area contributed by atoms with Crippen molar-refractivity contribution in [3.8, 4) is 0 Å². The highest BCUT2D eigenvalue weighted by molar-refractivity contribution is 5.96. The molecule has 1 atom stereocenters. The Kier molecular flexibility index (Phi) is 8.55. The van der Waals surface area contributed by atoms with Gasteiger partial charge in [-0.15, -0.1) is 0 Å². The predicted octanol–water partition coefficient (Wildman–Crippen LogP) is 1.29. The number of hydrogen-bond donors (Lipinski definition) is 2. The second kappa shape index (κ2) is 10.4. The van der Waals surface area contributed by atoms with Gasteiger partial charge in [-0.3, -0.25) is 9.59 Å². The number of halogens is 1. The van der Waals surface area contributed by atoms with Gasteiger partial charge in [-0.2, -0.15) is 0 Å². The van der Waals surface area contributed by atoms with Gasteiger partial charge in [0.05, 0.1) is 13.2 Å². The van der Waals surface area contributed by atoms with Crippen LogP contribution in [0.25, 0.3) is 0 Å². The molecule has 0 saturated heterocycles. The first-order chi connectivity index (χ1) is 11.9. The molecule has 0 spiro atoms. The maximum absolute atomic E-state index is 13.8. The fourth-order valence-electron chi connectivity index (χ4n) is 2.08. The van der Waals surface area contributed by atoms with E-state index in [2.05, 4.69) is 5.32 Å². The van der Waals surface area contributed by atoms with Gasteiger partial charge in [0.15, 0.2) is 0 Å².